The van der Waals surface area contributed by atoms with Crippen molar-refractivity contribution in [1.29, 1.82) is 0 Å². The lowest BCUT2D eigenvalue weighted by Gasteiger charge is -2.19. The highest BCUT2D eigenvalue weighted by atomic mass is 16.6. The van der Waals surface area contributed by atoms with Crippen LogP contribution in [-0.4, -0.2) is 22.3 Å². The van der Waals surface area contributed by atoms with Crippen LogP contribution in [0.25, 0.3) is 0 Å². The first-order valence-electron chi connectivity index (χ1n) is 5.68. The van der Waals surface area contributed by atoms with Gasteiger partial charge in [0, 0.05) is 17.7 Å². The fourth-order valence-electron chi connectivity index (χ4n) is 1.38. The van der Waals surface area contributed by atoms with Gasteiger partial charge >= 0.3 is 5.97 Å². The van der Waals surface area contributed by atoms with Crippen LogP contribution < -0.4 is 0 Å². The summed E-state index contributed by atoms with van der Waals surface area (Å²) in [7, 11) is 0. The molecule has 0 saturated heterocycles. The normalized spacial score (nSPS) is 10.9. The Morgan fingerprint density at radius 1 is 1.21 bits per heavy atom. The van der Waals surface area contributed by atoms with E-state index in [1.807, 2.05) is 0 Å². The predicted molar refractivity (Wildman–Crippen MR) is 67.9 cm³/mol. The highest BCUT2D eigenvalue weighted by Gasteiger charge is 2.20. The summed E-state index contributed by atoms with van der Waals surface area (Å²) in [5.74, 6) is -1.04. The minimum absolute atomic E-state index is 0.103. The lowest BCUT2D eigenvalue weighted by Crippen LogP contribution is -2.25. The molecule has 0 aliphatic carbocycles. The summed E-state index contributed by atoms with van der Waals surface area (Å²) < 4.78 is 5.02. The largest absolute Gasteiger partial charge is 0.460 e. The van der Waals surface area contributed by atoms with Crippen LogP contribution in [0.3, 0.4) is 0 Å². The molecule has 0 aliphatic rings. The summed E-state index contributed by atoms with van der Waals surface area (Å²) in [6, 6.07) is 5.10. The Balaban J connectivity index is 2.68. The number of carbonyl (C=O) groups excluding carboxylic acids is 2. The molecule has 0 bridgehead atoms. The van der Waals surface area contributed by atoms with Crippen molar-refractivity contribution < 1.29 is 19.2 Å². The summed E-state index contributed by atoms with van der Waals surface area (Å²) in [4.78, 5) is 33.1. The summed E-state index contributed by atoms with van der Waals surface area (Å²) in [5.41, 5.74) is -0.502. The molecule has 6 nitrogen and oxygen atoms in total. The maximum Gasteiger partial charge on any atom is 0.314 e. The van der Waals surface area contributed by atoms with Crippen molar-refractivity contribution in [2.24, 2.45) is 0 Å². The Morgan fingerprint density at radius 3 is 2.16 bits per heavy atom. The first-order chi connectivity index (χ1) is 8.69. The van der Waals surface area contributed by atoms with Crippen LogP contribution in [-0.2, 0) is 9.53 Å². The number of hydrogen-bond donors (Lipinski definition) is 0. The third-order valence-electron chi connectivity index (χ3n) is 2.13. The van der Waals surface area contributed by atoms with Gasteiger partial charge in [-0.1, -0.05) is 0 Å². The van der Waals surface area contributed by atoms with Crippen molar-refractivity contribution in [2.75, 3.05) is 0 Å². The van der Waals surface area contributed by atoms with Gasteiger partial charge in [0.2, 0.25) is 0 Å². The standard InChI is InChI=1S/C13H15NO5/c1-13(2,3)19-12(16)8-11(15)9-4-6-10(7-5-9)14(17)18/h4-7H,8H2,1-3H3. The molecule has 0 spiro atoms. The Hall–Kier alpha value is -2.24. The lowest BCUT2D eigenvalue weighted by atomic mass is 10.1. The Labute approximate surface area is 110 Å². The second-order valence-corrected chi connectivity index (χ2v) is 4.99. The number of non-ortho nitro benzene ring substituents is 1. The zero-order valence-electron chi connectivity index (χ0n) is 11.0. The van der Waals surface area contributed by atoms with Gasteiger partial charge in [-0.05, 0) is 32.9 Å². The van der Waals surface area contributed by atoms with Crippen LogP contribution in [0.5, 0.6) is 0 Å². The summed E-state index contributed by atoms with van der Waals surface area (Å²) >= 11 is 0. The van der Waals surface area contributed by atoms with Gasteiger partial charge in [-0.3, -0.25) is 19.7 Å². The molecule has 6 heteroatoms. The average Bonchev–Trinajstić information content (AvgIpc) is 2.26. The molecule has 0 unspecified atom stereocenters. The highest BCUT2D eigenvalue weighted by Crippen LogP contribution is 2.14. The number of nitro benzene ring substituents is 1. The van der Waals surface area contributed by atoms with E-state index in [4.69, 9.17) is 4.74 Å². The summed E-state index contributed by atoms with van der Waals surface area (Å²) in [6.45, 7) is 5.13. The third-order valence-corrected chi connectivity index (χ3v) is 2.13. The topological polar surface area (TPSA) is 86.5 Å². The molecule has 0 atom stereocenters. The minimum Gasteiger partial charge on any atom is -0.460 e. The van der Waals surface area contributed by atoms with Crippen molar-refractivity contribution in [2.45, 2.75) is 32.8 Å². The zero-order chi connectivity index (χ0) is 14.6. The molecular weight excluding hydrogens is 250 g/mol. The SMILES string of the molecule is CC(C)(C)OC(=O)CC(=O)c1ccc([N+](=O)[O-])cc1. The van der Waals surface area contributed by atoms with Crippen LogP contribution in [0.4, 0.5) is 5.69 Å². The van der Waals surface area contributed by atoms with Crippen molar-refractivity contribution in [1.82, 2.24) is 0 Å². The van der Waals surface area contributed by atoms with Gasteiger partial charge in [0.15, 0.2) is 5.78 Å². The number of carbonyl (C=O) groups is 2. The minimum atomic E-state index is -0.646. The zero-order valence-corrected chi connectivity index (χ0v) is 11.0. The molecule has 0 fully saturated rings. The van der Waals surface area contributed by atoms with Crippen LogP contribution in [0.2, 0.25) is 0 Å². The molecule has 0 aromatic heterocycles. The van der Waals surface area contributed by atoms with E-state index >= 15 is 0 Å². The number of hydrogen-bond acceptors (Lipinski definition) is 5. The molecule has 0 radical (unpaired) electrons. The number of nitro groups is 1. The number of ketones is 1. The van der Waals surface area contributed by atoms with Gasteiger partial charge in [0.05, 0.1) is 4.92 Å². The molecule has 102 valence electrons. The quantitative estimate of drug-likeness (QED) is 0.274. The van der Waals surface area contributed by atoms with E-state index in [-0.39, 0.29) is 17.7 Å². The Bertz CT molecular complexity index is 499. The molecule has 1 aromatic rings. The van der Waals surface area contributed by atoms with E-state index in [1.54, 1.807) is 20.8 Å². The second kappa shape index (κ2) is 5.60. The van der Waals surface area contributed by atoms with Crippen LogP contribution in [0.15, 0.2) is 24.3 Å². The second-order valence-electron chi connectivity index (χ2n) is 4.99. The predicted octanol–water partition coefficient (Wildman–Crippen LogP) is 2.51. The molecule has 0 heterocycles. The van der Waals surface area contributed by atoms with Crippen molar-refractivity contribution in [3.05, 3.63) is 39.9 Å². The average molecular weight is 265 g/mol. The number of Topliss-reactive ketones (excluding diaryl/α,β-unsaturated/α-hetero) is 1. The molecular formula is C13H15NO5. The maximum atomic E-state index is 11.8. The van der Waals surface area contributed by atoms with E-state index in [9.17, 15) is 19.7 Å². The molecule has 0 saturated carbocycles. The maximum absolute atomic E-state index is 11.8. The number of nitrogens with zero attached hydrogens (tertiary/aromatic N) is 1. The smallest absolute Gasteiger partial charge is 0.314 e. The first-order valence-corrected chi connectivity index (χ1v) is 5.68. The lowest BCUT2D eigenvalue weighted by molar-refractivity contribution is -0.384. The van der Waals surface area contributed by atoms with Gasteiger partial charge in [-0.2, -0.15) is 0 Å². The van der Waals surface area contributed by atoms with Crippen LogP contribution >= 0.6 is 0 Å². The fourth-order valence-corrected chi connectivity index (χ4v) is 1.38. The first kappa shape index (κ1) is 14.8. The number of esters is 1. The van der Waals surface area contributed by atoms with E-state index in [0.29, 0.717) is 0 Å². The number of ether oxygens (including phenoxy) is 1. The van der Waals surface area contributed by atoms with Gasteiger partial charge in [0.1, 0.15) is 12.0 Å². The van der Waals surface area contributed by atoms with E-state index < -0.39 is 22.3 Å². The molecule has 1 aromatic carbocycles. The van der Waals surface area contributed by atoms with Gasteiger partial charge in [-0.25, -0.2) is 0 Å². The van der Waals surface area contributed by atoms with Crippen LogP contribution in [0, 0.1) is 10.1 Å². The van der Waals surface area contributed by atoms with Crippen molar-refractivity contribution >= 4 is 17.4 Å². The molecule has 19 heavy (non-hydrogen) atoms. The Kier molecular flexibility index (Phi) is 4.37. The highest BCUT2D eigenvalue weighted by molar-refractivity contribution is 6.06. The monoisotopic (exact) mass is 265 g/mol. The van der Waals surface area contributed by atoms with Crippen molar-refractivity contribution in [3.8, 4) is 0 Å². The van der Waals surface area contributed by atoms with Crippen molar-refractivity contribution in [3.63, 3.8) is 0 Å². The third kappa shape index (κ3) is 4.87. The number of rotatable bonds is 4. The molecule has 0 amide bonds. The summed E-state index contributed by atoms with van der Waals surface area (Å²) in [6.07, 6.45) is -0.380. The molecule has 0 aliphatic heterocycles. The van der Waals surface area contributed by atoms with Gasteiger partial charge < -0.3 is 4.74 Å². The molecule has 0 N–H and O–H groups in total. The number of benzene rings is 1. The Morgan fingerprint density at radius 2 is 1.74 bits per heavy atom. The fraction of sp³-hybridized carbons (Fsp3) is 0.385. The van der Waals surface area contributed by atoms with E-state index in [1.165, 1.54) is 24.3 Å². The van der Waals surface area contributed by atoms with Gasteiger partial charge in [0.25, 0.3) is 5.69 Å². The van der Waals surface area contributed by atoms with Gasteiger partial charge in [-0.15, -0.1) is 0 Å². The van der Waals surface area contributed by atoms with Crippen LogP contribution in [0.1, 0.15) is 37.6 Å². The summed E-state index contributed by atoms with van der Waals surface area (Å²) in [5, 5.41) is 10.5. The van der Waals surface area contributed by atoms with E-state index in [2.05, 4.69) is 0 Å². The van der Waals surface area contributed by atoms with E-state index in [0.717, 1.165) is 0 Å². The molecule has 1 rings (SSSR count).